The van der Waals surface area contributed by atoms with Crippen molar-refractivity contribution in [1.29, 1.82) is 0 Å². The Balaban J connectivity index is 1.95. The van der Waals surface area contributed by atoms with E-state index in [4.69, 9.17) is 0 Å². The summed E-state index contributed by atoms with van der Waals surface area (Å²) in [5.74, 6) is 0.617. The maximum atomic E-state index is 11.0. The Bertz CT molecular complexity index is 614. The zero-order chi connectivity index (χ0) is 14.9. The lowest BCUT2D eigenvalue weighted by molar-refractivity contribution is 0.0111. The number of aliphatic hydroxyl groups excluding tert-OH is 1. The van der Waals surface area contributed by atoms with Gasteiger partial charge in [0.05, 0.1) is 11.6 Å². The van der Waals surface area contributed by atoms with Gasteiger partial charge < -0.3 is 5.11 Å². The van der Waals surface area contributed by atoms with E-state index in [-0.39, 0.29) is 11.5 Å². The lowest BCUT2D eigenvalue weighted by Gasteiger charge is -2.36. The Morgan fingerprint density at radius 2 is 1.90 bits per heavy atom. The molecule has 1 aromatic heterocycles. The Morgan fingerprint density at radius 3 is 2.62 bits per heavy atom. The summed E-state index contributed by atoms with van der Waals surface area (Å²) in [5, 5.41) is 12.2. The Hall–Kier alpha value is -1.41. The van der Waals surface area contributed by atoms with E-state index < -0.39 is 0 Å². The molecule has 1 fully saturated rings. The van der Waals surface area contributed by atoms with Gasteiger partial charge in [-0.25, -0.2) is 0 Å². The van der Waals surface area contributed by atoms with Gasteiger partial charge in [-0.3, -0.25) is 4.98 Å². The van der Waals surface area contributed by atoms with E-state index >= 15 is 0 Å². The van der Waals surface area contributed by atoms with Crippen LogP contribution in [0.2, 0.25) is 0 Å². The topological polar surface area (TPSA) is 33.1 Å². The van der Waals surface area contributed by atoms with Crippen LogP contribution in [0.25, 0.3) is 10.9 Å². The van der Waals surface area contributed by atoms with E-state index in [1.54, 1.807) is 0 Å². The van der Waals surface area contributed by atoms with Crippen molar-refractivity contribution in [2.75, 3.05) is 0 Å². The highest BCUT2D eigenvalue weighted by Crippen LogP contribution is 2.51. The molecular formula is C19H25NO. The van der Waals surface area contributed by atoms with Gasteiger partial charge >= 0.3 is 0 Å². The van der Waals surface area contributed by atoms with Crippen LogP contribution < -0.4 is 0 Å². The summed E-state index contributed by atoms with van der Waals surface area (Å²) < 4.78 is 0. The van der Waals surface area contributed by atoms with Crippen molar-refractivity contribution >= 4 is 10.9 Å². The monoisotopic (exact) mass is 283 g/mol. The number of rotatable bonds is 4. The van der Waals surface area contributed by atoms with Crippen LogP contribution in [0.1, 0.15) is 57.6 Å². The van der Waals surface area contributed by atoms with Crippen molar-refractivity contribution in [1.82, 2.24) is 4.98 Å². The van der Waals surface area contributed by atoms with Crippen LogP contribution >= 0.6 is 0 Å². The molecule has 1 aliphatic rings. The summed E-state index contributed by atoms with van der Waals surface area (Å²) in [6.07, 6.45) is 7.34. The van der Waals surface area contributed by atoms with Crippen LogP contribution in [0.15, 0.2) is 36.5 Å². The summed E-state index contributed by atoms with van der Waals surface area (Å²) >= 11 is 0. The minimum absolute atomic E-state index is 0.0539. The predicted octanol–water partition coefficient (Wildman–Crippen LogP) is 4.87. The number of aromatic nitrogens is 1. The van der Waals surface area contributed by atoms with Gasteiger partial charge in [-0.1, -0.05) is 44.9 Å². The fourth-order valence-electron chi connectivity index (χ4n) is 4.07. The van der Waals surface area contributed by atoms with Crippen LogP contribution in [0.4, 0.5) is 0 Å². The lowest BCUT2D eigenvalue weighted by Crippen LogP contribution is -2.27. The molecule has 112 valence electrons. The second-order valence-electron chi connectivity index (χ2n) is 7.03. The van der Waals surface area contributed by atoms with E-state index in [1.165, 1.54) is 12.8 Å². The molecular weight excluding hydrogens is 258 g/mol. The number of para-hydroxylation sites is 1. The van der Waals surface area contributed by atoms with Crippen molar-refractivity contribution in [3.05, 3.63) is 42.1 Å². The first-order valence-corrected chi connectivity index (χ1v) is 8.13. The highest BCUT2D eigenvalue weighted by Gasteiger charge is 2.41. The van der Waals surface area contributed by atoms with E-state index in [0.717, 1.165) is 35.7 Å². The molecule has 1 saturated carbocycles. The SMILES string of the molecule is CC(C)CC1(C(O)c2cnc3ccccc3c2)CCCC1. The smallest absolute Gasteiger partial charge is 0.0861 e. The highest BCUT2D eigenvalue weighted by atomic mass is 16.3. The fraction of sp³-hybridized carbons (Fsp3) is 0.526. The third kappa shape index (κ3) is 2.82. The van der Waals surface area contributed by atoms with Crippen molar-refractivity contribution < 1.29 is 5.11 Å². The largest absolute Gasteiger partial charge is 0.388 e. The van der Waals surface area contributed by atoms with E-state index in [9.17, 15) is 5.11 Å². The molecule has 1 N–H and O–H groups in total. The molecule has 2 aromatic rings. The molecule has 0 bridgehead atoms. The average molecular weight is 283 g/mol. The molecule has 0 saturated heterocycles. The molecule has 1 atom stereocenters. The summed E-state index contributed by atoms with van der Waals surface area (Å²) in [7, 11) is 0. The van der Waals surface area contributed by atoms with Gasteiger partial charge in [0.2, 0.25) is 0 Å². The number of hydrogen-bond donors (Lipinski definition) is 1. The van der Waals surface area contributed by atoms with Crippen LogP contribution in [-0.4, -0.2) is 10.1 Å². The molecule has 2 nitrogen and oxygen atoms in total. The zero-order valence-electron chi connectivity index (χ0n) is 13.0. The Labute approximate surface area is 127 Å². The molecule has 1 aromatic carbocycles. The van der Waals surface area contributed by atoms with E-state index in [0.29, 0.717) is 5.92 Å². The molecule has 1 aliphatic carbocycles. The van der Waals surface area contributed by atoms with E-state index in [1.807, 2.05) is 24.4 Å². The van der Waals surface area contributed by atoms with Gasteiger partial charge in [0.25, 0.3) is 0 Å². The predicted molar refractivity (Wildman–Crippen MR) is 87.1 cm³/mol. The molecule has 2 heteroatoms. The van der Waals surface area contributed by atoms with Crippen molar-refractivity contribution in [2.24, 2.45) is 11.3 Å². The third-order valence-corrected chi connectivity index (χ3v) is 4.92. The van der Waals surface area contributed by atoms with Gasteiger partial charge in [-0.05, 0) is 42.9 Å². The van der Waals surface area contributed by atoms with Crippen LogP contribution in [0.5, 0.6) is 0 Å². The maximum absolute atomic E-state index is 11.0. The van der Waals surface area contributed by atoms with Crippen molar-refractivity contribution in [3.8, 4) is 0 Å². The molecule has 21 heavy (non-hydrogen) atoms. The van der Waals surface area contributed by atoms with Gasteiger partial charge in [0.1, 0.15) is 0 Å². The summed E-state index contributed by atoms with van der Waals surface area (Å²) in [6.45, 7) is 4.51. The molecule has 0 amide bonds. The first-order chi connectivity index (χ1) is 10.1. The molecule has 3 rings (SSSR count). The third-order valence-electron chi connectivity index (χ3n) is 4.92. The first-order valence-electron chi connectivity index (χ1n) is 8.13. The quantitative estimate of drug-likeness (QED) is 0.868. The van der Waals surface area contributed by atoms with Crippen LogP contribution in [0.3, 0.4) is 0 Å². The van der Waals surface area contributed by atoms with Crippen molar-refractivity contribution in [3.63, 3.8) is 0 Å². The highest BCUT2D eigenvalue weighted by molar-refractivity contribution is 5.78. The molecule has 0 spiro atoms. The molecule has 0 aliphatic heterocycles. The number of benzene rings is 1. The summed E-state index contributed by atoms with van der Waals surface area (Å²) in [6, 6.07) is 10.2. The number of aliphatic hydroxyl groups is 1. The Kier molecular flexibility index (Phi) is 3.99. The van der Waals surface area contributed by atoms with Crippen LogP contribution in [0, 0.1) is 11.3 Å². The molecule has 1 unspecified atom stereocenters. The summed E-state index contributed by atoms with van der Waals surface area (Å²) in [5.41, 5.74) is 2.03. The lowest BCUT2D eigenvalue weighted by atomic mass is 9.72. The average Bonchev–Trinajstić information content (AvgIpc) is 2.95. The normalized spacial score (nSPS) is 19.2. The zero-order valence-corrected chi connectivity index (χ0v) is 13.0. The van der Waals surface area contributed by atoms with Gasteiger partial charge in [-0.2, -0.15) is 0 Å². The standard InChI is InChI=1S/C19H25NO/c1-14(2)12-19(9-5-6-10-19)18(21)16-11-15-7-3-4-8-17(15)20-13-16/h3-4,7-8,11,13-14,18,21H,5-6,9-10,12H2,1-2H3. The number of fused-ring (bicyclic) bond motifs is 1. The fourth-order valence-corrected chi connectivity index (χ4v) is 4.07. The second kappa shape index (κ2) is 5.76. The second-order valence-corrected chi connectivity index (χ2v) is 7.03. The minimum Gasteiger partial charge on any atom is -0.388 e. The number of nitrogens with zero attached hydrogens (tertiary/aromatic N) is 1. The molecule has 0 radical (unpaired) electrons. The van der Waals surface area contributed by atoms with Crippen LogP contribution in [-0.2, 0) is 0 Å². The number of hydrogen-bond acceptors (Lipinski definition) is 2. The van der Waals surface area contributed by atoms with Crippen molar-refractivity contribution in [2.45, 2.75) is 52.1 Å². The van der Waals surface area contributed by atoms with E-state index in [2.05, 4.69) is 31.0 Å². The molecule has 1 heterocycles. The maximum Gasteiger partial charge on any atom is 0.0861 e. The summed E-state index contributed by atoms with van der Waals surface area (Å²) in [4.78, 5) is 4.52. The van der Waals surface area contributed by atoms with Gasteiger partial charge in [0.15, 0.2) is 0 Å². The Morgan fingerprint density at radius 1 is 1.19 bits per heavy atom. The number of pyridine rings is 1. The van der Waals surface area contributed by atoms with Gasteiger partial charge in [-0.15, -0.1) is 0 Å². The minimum atomic E-state index is -0.389. The first kappa shape index (κ1) is 14.5. The van der Waals surface area contributed by atoms with Gasteiger partial charge in [0, 0.05) is 17.0 Å².